The number of nitrogens with zero attached hydrogens (tertiary/aromatic N) is 2. The van der Waals surface area contributed by atoms with E-state index >= 15 is 0 Å². The molecular weight excluding hydrogens is 490 g/mol. The summed E-state index contributed by atoms with van der Waals surface area (Å²) in [5.74, 6) is -3.49. The van der Waals surface area contributed by atoms with E-state index in [2.05, 4.69) is 21.2 Å². The Hall–Kier alpha value is -5.32. The number of imide groups is 2. The quantitative estimate of drug-likeness (QED) is 0.252. The summed E-state index contributed by atoms with van der Waals surface area (Å²) in [5, 5.41) is 8.59. The van der Waals surface area contributed by atoms with Crippen molar-refractivity contribution >= 4 is 47.2 Å². The fourth-order valence-electron chi connectivity index (χ4n) is 3.63. The monoisotopic (exact) mass is 513 g/mol. The van der Waals surface area contributed by atoms with E-state index in [1.54, 1.807) is 42.5 Å². The van der Waals surface area contributed by atoms with Gasteiger partial charge in [-0.25, -0.2) is 15.1 Å². The number of nitrogens with one attached hydrogen (secondary N) is 3. The zero-order chi connectivity index (χ0) is 27.2. The summed E-state index contributed by atoms with van der Waals surface area (Å²) >= 11 is 0. The number of hydrazone groups is 1. The number of barbiturate groups is 1. The Bertz CT molecular complexity index is 1430. The molecule has 11 nitrogen and oxygen atoms in total. The standard InChI is InChI=1S/C27H23N5O6/c1-16-4-3-5-18(14-16)23(33)29-19-8-6-17(7-9-19)24(34)31-28-15-22-25(35)30-27(37)32(26(22)36)20-10-12-21(38-2)13-11-20/h3-15,22H,1-2H3,(H,29,33)(H,31,34)(H,30,35,37)/b28-15-/t22-/m0/s1. The fraction of sp³-hybridized carbons (Fsp3) is 0.111. The maximum absolute atomic E-state index is 12.9. The predicted octanol–water partition coefficient (Wildman–Crippen LogP) is 2.87. The number of anilines is 2. The van der Waals surface area contributed by atoms with Crippen LogP contribution in [-0.4, -0.2) is 43.0 Å². The van der Waals surface area contributed by atoms with Gasteiger partial charge in [-0.15, -0.1) is 0 Å². The molecule has 6 amide bonds. The molecule has 3 aromatic carbocycles. The molecule has 0 aromatic heterocycles. The van der Waals surface area contributed by atoms with Crippen molar-refractivity contribution in [3.63, 3.8) is 0 Å². The van der Waals surface area contributed by atoms with Gasteiger partial charge >= 0.3 is 6.03 Å². The Balaban J connectivity index is 1.38. The van der Waals surface area contributed by atoms with Gasteiger partial charge in [0.1, 0.15) is 5.75 Å². The van der Waals surface area contributed by atoms with Crippen molar-refractivity contribution in [3.05, 3.63) is 89.5 Å². The molecule has 0 radical (unpaired) electrons. The highest BCUT2D eigenvalue weighted by atomic mass is 16.5. The normalized spacial score (nSPS) is 15.3. The van der Waals surface area contributed by atoms with E-state index in [0.717, 1.165) is 16.7 Å². The maximum atomic E-state index is 12.9. The van der Waals surface area contributed by atoms with Gasteiger partial charge in [-0.3, -0.25) is 24.5 Å². The van der Waals surface area contributed by atoms with Crippen LogP contribution in [0.3, 0.4) is 0 Å². The van der Waals surface area contributed by atoms with Crippen LogP contribution in [0.5, 0.6) is 5.75 Å². The highest BCUT2D eigenvalue weighted by molar-refractivity contribution is 6.32. The number of hydrogen-bond acceptors (Lipinski definition) is 7. The first-order valence-corrected chi connectivity index (χ1v) is 11.4. The summed E-state index contributed by atoms with van der Waals surface area (Å²) in [4.78, 5) is 63.1. The maximum Gasteiger partial charge on any atom is 0.335 e. The largest absolute Gasteiger partial charge is 0.497 e. The van der Waals surface area contributed by atoms with Gasteiger partial charge in [-0.2, -0.15) is 5.10 Å². The average molecular weight is 514 g/mol. The molecule has 1 aliphatic rings. The van der Waals surface area contributed by atoms with Crippen molar-refractivity contribution in [2.24, 2.45) is 11.0 Å². The minimum absolute atomic E-state index is 0.227. The summed E-state index contributed by atoms with van der Waals surface area (Å²) in [6, 6.07) is 18.5. The van der Waals surface area contributed by atoms with E-state index in [-0.39, 0.29) is 17.2 Å². The summed E-state index contributed by atoms with van der Waals surface area (Å²) in [6.07, 6.45) is 0.953. The molecule has 3 N–H and O–H groups in total. The molecule has 1 atom stereocenters. The molecule has 11 heteroatoms. The molecule has 38 heavy (non-hydrogen) atoms. The fourth-order valence-corrected chi connectivity index (χ4v) is 3.63. The second kappa shape index (κ2) is 11.2. The Morgan fingerprint density at radius 3 is 2.32 bits per heavy atom. The lowest BCUT2D eigenvalue weighted by molar-refractivity contribution is -0.131. The first-order chi connectivity index (χ1) is 18.3. The van der Waals surface area contributed by atoms with Crippen LogP contribution >= 0.6 is 0 Å². The predicted molar refractivity (Wildman–Crippen MR) is 139 cm³/mol. The lowest BCUT2D eigenvalue weighted by atomic mass is 10.1. The van der Waals surface area contributed by atoms with Crippen LogP contribution in [-0.2, 0) is 9.59 Å². The zero-order valence-electron chi connectivity index (χ0n) is 20.4. The van der Waals surface area contributed by atoms with Crippen molar-refractivity contribution in [2.45, 2.75) is 6.92 Å². The number of methoxy groups -OCH3 is 1. The summed E-state index contributed by atoms with van der Waals surface area (Å²) < 4.78 is 5.07. The van der Waals surface area contributed by atoms with Crippen molar-refractivity contribution < 1.29 is 28.7 Å². The van der Waals surface area contributed by atoms with E-state index in [1.165, 1.54) is 31.4 Å². The topological polar surface area (TPSA) is 146 Å². The van der Waals surface area contributed by atoms with Crippen LogP contribution in [0.2, 0.25) is 0 Å². The van der Waals surface area contributed by atoms with E-state index in [1.807, 2.05) is 13.0 Å². The van der Waals surface area contributed by atoms with Gasteiger partial charge in [0.2, 0.25) is 5.91 Å². The molecule has 0 saturated carbocycles. The number of urea groups is 1. The highest BCUT2D eigenvalue weighted by Crippen LogP contribution is 2.23. The number of carbonyl (C=O) groups excluding carboxylic acids is 5. The molecule has 3 aromatic rings. The highest BCUT2D eigenvalue weighted by Gasteiger charge is 2.40. The molecule has 0 bridgehead atoms. The Morgan fingerprint density at radius 2 is 1.66 bits per heavy atom. The molecular formula is C27H23N5O6. The van der Waals surface area contributed by atoms with Gasteiger partial charge in [0.15, 0.2) is 5.92 Å². The number of amides is 6. The van der Waals surface area contributed by atoms with Crippen LogP contribution in [0.15, 0.2) is 77.9 Å². The summed E-state index contributed by atoms with van der Waals surface area (Å²) in [5.41, 5.74) is 4.67. The minimum atomic E-state index is -1.44. The van der Waals surface area contributed by atoms with Crippen LogP contribution in [0.1, 0.15) is 26.3 Å². The van der Waals surface area contributed by atoms with Crippen molar-refractivity contribution in [1.29, 1.82) is 0 Å². The number of benzene rings is 3. The van der Waals surface area contributed by atoms with Crippen molar-refractivity contribution in [2.75, 3.05) is 17.3 Å². The van der Waals surface area contributed by atoms with Crippen LogP contribution in [0.4, 0.5) is 16.2 Å². The lowest BCUT2D eigenvalue weighted by Gasteiger charge is -2.28. The summed E-state index contributed by atoms with van der Waals surface area (Å²) in [6.45, 7) is 1.89. The van der Waals surface area contributed by atoms with E-state index in [0.29, 0.717) is 17.0 Å². The molecule has 1 saturated heterocycles. The molecule has 0 aliphatic carbocycles. The first-order valence-electron chi connectivity index (χ1n) is 11.4. The Labute approximate surface area is 217 Å². The molecule has 0 unspecified atom stereocenters. The molecule has 0 spiro atoms. The van der Waals surface area contributed by atoms with Gasteiger partial charge in [0.25, 0.3) is 17.7 Å². The second-order valence-electron chi connectivity index (χ2n) is 8.26. The number of carbonyl (C=O) groups is 5. The van der Waals surface area contributed by atoms with E-state index in [9.17, 15) is 24.0 Å². The second-order valence-corrected chi connectivity index (χ2v) is 8.26. The van der Waals surface area contributed by atoms with Crippen molar-refractivity contribution in [1.82, 2.24) is 10.7 Å². The Morgan fingerprint density at radius 1 is 0.947 bits per heavy atom. The SMILES string of the molecule is COc1ccc(N2C(=O)NC(=O)[C@H](/C=N\NC(=O)c3ccc(NC(=O)c4cccc(C)c4)cc3)C2=O)cc1. The van der Waals surface area contributed by atoms with Crippen molar-refractivity contribution in [3.8, 4) is 5.75 Å². The third kappa shape index (κ3) is 5.73. The minimum Gasteiger partial charge on any atom is -0.497 e. The van der Waals surface area contributed by atoms with Crippen LogP contribution in [0, 0.1) is 12.8 Å². The third-order valence-electron chi connectivity index (χ3n) is 5.61. The van der Waals surface area contributed by atoms with Gasteiger partial charge < -0.3 is 10.1 Å². The summed E-state index contributed by atoms with van der Waals surface area (Å²) in [7, 11) is 1.48. The molecule has 1 heterocycles. The van der Waals surface area contributed by atoms with Gasteiger partial charge in [0.05, 0.1) is 12.8 Å². The third-order valence-corrected chi connectivity index (χ3v) is 5.61. The lowest BCUT2D eigenvalue weighted by Crippen LogP contribution is -2.58. The van der Waals surface area contributed by atoms with Crippen LogP contribution < -0.4 is 25.7 Å². The number of rotatable bonds is 7. The molecule has 4 rings (SSSR count). The zero-order valence-corrected chi connectivity index (χ0v) is 20.4. The molecule has 1 aliphatic heterocycles. The smallest absolute Gasteiger partial charge is 0.335 e. The Kier molecular flexibility index (Phi) is 7.57. The number of hydrogen-bond donors (Lipinski definition) is 3. The molecule has 192 valence electrons. The van der Waals surface area contributed by atoms with Gasteiger partial charge in [-0.05, 0) is 67.6 Å². The first kappa shape index (κ1) is 25.8. The number of aryl methyl sites for hydroxylation is 1. The van der Waals surface area contributed by atoms with Gasteiger partial charge in [-0.1, -0.05) is 17.7 Å². The van der Waals surface area contributed by atoms with Gasteiger partial charge in [0, 0.05) is 23.0 Å². The average Bonchev–Trinajstić information content (AvgIpc) is 2.91. The molecule has 1 fully saturated rings. The van der Waals surface area contributed by atoms with E-state index < -0.39 is 29.7 Å². The van der Waals surface area contributed by atoms with E-state index in [4.69, 9.17) is 4.74 Å². The number of ether oxygens (including phenoxy) is 1. The van der Waals surface area contributed by atoms with Crippen LogP contribution in [0.25, 0.3) is 0 Å².